The fourth-order valence-electron chi connectivity index (χ4n) is 2.26. The first-order valence-electron chi connectivity index (χ1n) is 5.22. The minimum absolute atomic E-state index is 0.464. The third-order valence-electron chi connectivity index (χ3n) is 3.25. The lowest BCUT2D eigenvalue weighted by Crippen LogP contribution is -2.43. The van der Waals surface area contributed by atoms with Crippen LogP contribution in [0.4, 0.5) is 0 Å². The van der Waals surface area contributed by atoms with Crippen molar-refractivity contribution < 1.29 is 0 Å². The van der Waals surface area contributed by atoms with Crippen LogP contribution in [-0.2, 0) is 0 Å². The van der Waals surface area contributed by atoms with Gasteiger partial charge in [-0.05, 0) is 38.1 Å². The van der Waals surface area contributed by atoms with Gasteiger partial charge in [0.05, 0.1) is 0 Å². The summed E-state index contributed by atoms with van der Waals surface area (Å²) in [5, 5.41) is 4.07. The highest BCUT2D eigenvalue weighted by molar-refractivity contribution is 6.21. The van der Waals surface area contributed by atoms with Crippen molar-refractivity contribution in [2.24, 2.45) is 5.92 Å². The molecule has 0 spiro atoms. The Morgan fingerprint density at radius 3 is 2.42 bits per heavy atom. The summed E-state index contributed by atoms with van der Waals surface area (Å²) < 4.78 is 0. The summed E-state index contributed by atoms with van der Waals surface area (Å²) >= 11 is 5.90. The number of rotatable bonds is 3. The Kier molecular flexibility index (Phi) is 2.92. The van der Waals surface area contributed by atoms with Crippen molar-refractivity contribution in [2.75, 3.05) is 6.54 Å². The monoisotopic (exact) mass is 187 g/mol. The lowest BCUT2D eigenvalue weighted by Gasteiger charge is -2.32. The second-order valence-corrected chi connectivity index (χ2v) is 4.94. The quantitative estimate of drug-likeness (QED) is 0.670. The SMILES string of the molecule is ClC1CC(NCC2CCCC2)C1. The predicted octanol–water partition coefficient (Wildman–Crippen LogP) is 2.54. The van der Waals surface area contributed by atoms with Gasteiger partial charge >= 0.3 is 0 Å². The lowest BCUT2D eigenvalue weighted by atomic mass is 9.92. The average Bonchev–Trinajstić information content (AvgIpc) is 2.47. The Bertz CT molecular complexity index is 137. The predicted molar refractivity (Wildman–Crippen MR) is 52.6 cm³/mol. The first-order chi connectivity index (χ1) is 5.84. The molecule has 0 amide bonds. The second-order valence-electron chi connectivity index (χ2n) is 4.32. The maximum Gasteiger partial charge on any atom is 0.0365 e. The fraction of sp³-hybridized carbons (Fsp3) is 1.00. The zero-order valence-corrected chi connectivity index (χ0v) is 8.32. The zero-order valence-electron chi connectivity index (χ0n) is 7.56. The summed E-state index contributed by atoms with van der Waals surface area (Å²) in [5.74, 6) is 0.972. The maximum absolute atomic E-state index is 5.90. The van der Waals surface area contributed by atoms with Gasteiger partial charge in [-0.3, -0.25) is 0 Å². The van der Waals surface area contributed by atoms with Gasteiger partial charge in [0.15, 0.2) is 0 Å². The van der Waals surface area contributed by atoms with Crippen LogP contribution in [-0.4, -0.2) is 18.0 Å². The van der Waals surface area contributed by atoms with Crippen LogP contribution >= 0.6 is 11.6 Å². The molecule has 0 saturated heterocycles. The molecule has 0 radical (unpaired) electrons. The van der Waals surface area contributed by atoms with Crippen LogP contribution in [0.2, 0.25) is 0 Å². The van der Waals surface area contributed by atoms with Gasteiger partial charge in [0.1, 0.15) is 0 Å². The third-order valence-corrected chi connectivity index (χ3v) is 3.61. The molecule has 1 nitrogen and oxygen atoms in total. The van der Waals surface area contributed by atoms with E-state index in [4.69, 9.17) is 11.6 Å². The molecule has 2 heteroatoms. The number of nitrogens with one attached hydrogen (secondary N) is 1. The molecule has 2 aliphatic carbocycles. The molecule has 0 bridgehead atoms. The molecule has 0 aliphatic heterocycles. The molecule has 2 fully saturated rings. The molecule has 0 atom stereocenters. The van der Waals surface area contributed by atoms with Crippen LogP contribution in [0.3, 0.4) is 0 Å². The van der Waals surface area contributed by atoms with Gasteiger partial charge in [-0.1, -0.05) is 12.8 Å². The summed E-state index contributed by atoms with van der Waals surface area (Å²) in [6.45, 7) is 1.24. The number of halogens is 1. The van der Waals surface area contributed by atoms with Crippen molar-refractivity contribution >= 4 is 11.6 Å². The van der Waals surface area contributed by atoms with Crippen molar-refractivity contribution in [2.45, 2.75) is 49.9 Å². The lowest BCUT2D eigenvalue weighted by molar-refractivity contribution is 0.322. The minimum atomic E-state index is 0.464. The van der Waals surface area contributed by atoms with Crippen LogP contribution in [0.25, 0.3) is 0 Å². The van der Waals surface area contributed by atoms with E-state index in [0.29, 0.717) is 5.38 Å². The van der Waals surface area contributed by atoms with Gasteiger partial charge in [-0.15, -0.1) is 11.6 Å². The van der Waals surface area contributed by atoms with Gasteiger partial charge in [0, 0.05) is 11.4 Å². The second kappa shape index (κ2) is 3.97. The smallest absolute Gasteiger partial charge is 0.0365 e. The first-order valence-corrected chi connectivity index (χ1v) is 5.65. The van der Waals surface area contributed by atoms with E-state index in [1.165, 1.54) is 45.1 Å². The highest BCUT2D eigenvalue weighted by Gasteiger charge is 2.27. The van der Waals surface area contributed by atoms with Crippen LogP contribution in [0.1, 0.15) is 38.5 Å². The van der Waals surface area contributed by atoms with Crippen molar-refractivity contribution in [3.8, 4) is 0 Å². The summed E-state index contributed by atoms with van der Waals surface area (Å²) in [4.78, 5) is 0. The van der Waals surface area contributed by atoms with E-state index in [-0.39, 0.29) is 0 Å². The van der Waals surface area contributed by atoms with E-state index in [2.05, 4.69) is 5.32 Å². The molecule has 0 aromatic heterocycles. The van der Waals surface area contributed by atoms with Crippen molar-refractivity contribution in [3.63, 3.8) is 0 Å². The van der Waals surface area contributed by atoms with Crippen molar-refractivity contribution in [1.29, 1.82) is 0 Å². The van der Waals surface area contributed by atoms with E-state index in [1.54, 1.807) is 0 Å². The Morgan fingerprint density at radius 2 is 1.83 bits per heavy atom. The van der Waals surface area contributed by atoms with E-state index < -0.39 is 0 Å². The molecular weight excluding hydrogens is 170 g/mol. The molecule has 12 heavy (non-hydrogen) atoms. The molecule has 70 valence electrons. The summed E-state index contributed by atoms with van der Waals surface area (Å²) in [6.07, 6.45) is 8.18. The van der Waals surface area contributed by atoms with Crippen LogP contribution in [0.15, 0.2) is 0 Å². The van der Waals surface area contributed by atoms with Gasteiger partial charge in [-0.2, -0.15) is 0 Å². The molecule has 0 aromatic carbocycles. The molecule has 1 N–H and O–H groups in total. The van der Waals surface area contributed by atoms with E-state index in [9.17, 15) is 0 Å². The number of alkyl halides is 1. The van der Waals surface area contributed by atoms with Gasteiger partial charge in [0.2, 0.25) is 0 Å². The Hall–Kier alpha value is 0.250. The van der Waals surface area contributed by atoms with Crippen LogP contribution in [0.5, 0.6) is 0 Å². The number of hydrogen-bond acceptors (Lipinski definition) is 1. The molecule has 2 saturated carbocycles. The summed E-state index contributed by atoms with van der Waals surface area (Å²) in [5.41, 5.74) is 0. The highest BCUT2D eigenvalue weighted by Crippen LogP contribution is 2.27. The Morgan fingerprint density at radius 1 is 1.17 bits per heavy atom. The normalized spacial score (nSPS) is 36.8. The topological polar surface area (TPSA) is 12.0 Å². The average molecular weight is 188 g/mol. The van der Waals surface area contributed by atoms with E-state index in [0.717, 1.165) is 12.0 Å². The Balaban J connectivity index is 1.56. The summed E-state index contributed by atoms with van der Waals surface area (Å²) in [7, 11) is 0. The fourth-order valence-corrected chi connectivity index (χ4v) is 2.69. The van der Waals surface area contributed by atoms with Gasteiger partial charge in [0.25, 0.3) is 0 Å². The van der Waals surface area contributed by atoms with Crippen LogP contribution < -0.4 is 5.32 Å². The summed E-state index contributed by atoms with van der Waals surface area (Å²) in [6, 6.07) is 0.744. The van der Waals surface area contributed by atoms with E-state index in [1.807, 2.05) is 0 Å². The minimum Gasteiger partial charge on any atom is -0.314 e. The Labute approximate surface area is 79.9 Å². The molecule has 0 heterocycles. The zero-order chi connectivity index (χ0) is 8.39. The molecule has 0 aromatic rings. The molecule has 2 aliphatic rings. The maximum atomic E-state index is 5.90. The highest BCUT2D eigenvalue weighted by atomic mass is 35.5. The van der Waals surface area contributed by atoms with Crippen molar-refractivity contribution in [1.82, 2.24) is 5.32 Å². The van der Waals surface area contributed by atoms with Gasteiger partial charge in [-0.25, -0.2) is 0 Å². The largest absolute Gasteiger partial charge is 0.314 e. The van der Waals surface area contributed by atoms with Gasteiger partial charge < -0.3 is 5.32 Å². The van der Waals surface area contributed by atoms with Crippen LogP contribution in [0, 0.1) is 5.92 Å². The standard InChI is InChI=1S/C10H18ClN/c11-9-5-10(6-9)12-7-8-3-1-2-4-8/h8-10,12H,1-7H2. The molecule has 0 unspecified atom stereocenters. The molecular formula is C10H18ClN. The number of hydrogen-bond donors (Lipinski definition) is 1. The first kappa shape index (κ1) is 8.83. The van der Waals surface area contributed by atoms with E-state index >= 15 is 0 Å². The third kappa shape index (κ3) is 2.14. The van der Waals surface area contributed by atoms with Crippen molar-refractivity contribution in [3.05, 3.63) is 0 Å². The molecule has 2 rings (SSSR count).